The van der Waals surface area contributed by atoms with Crippen LogP contribution in [0.15, 0.2) is 53.4 Å². The number of aromatic amines is 1. The molecule has 7 heteroatoms. The molecule has 2 heterocycles. The topological polar surface area (TPSA) is 82.3 Å². The van der Waals surface area contributed by atoms with E-state index in [1.165, 1.54) is 17.1 Å². The van der Waals surface area contributed by atoms with Crippen molar-refractivity contribution in [2.75, 3.05) is 13.1 Å². The van der Waals surface area contributed by atoms with Crippen molar-refractivity contribution >= 4 is 26.8 Å². The van der Waals surface area contributed by atoms with Gasteiger partial charge < -0.3 is 9.88 Å². The second-order valence-electron chi connectivity index (χ2n) is 8.75. The Morgan fingerprint density at radius 1 is 1.03 bits per heavy atom. The highest BCUT2D eigenvalue weighted by Crippen LogP contribution is 2.31. The molecule has 1 saturated carbocycles. The summed E-state index contributed by atoms with van der Waals surface area (Å²) in [4.78, 5) is 18.8. The van der Waals surface area contributed by atoms with Gasteiger partial charge in [0.05, 0.1) is 4.90 Å². The molecule has 31 heavy (non-hydrogen) atoms. The summed E-state index contributed by atoms with van der Waals surface area (Å²) in [6.45, 7) is 3.18. The van der Waals surface area contributed by atoms with Gasteiger partial charge in [0, 0.05) is 41.8 Å². The molecule has 1 aromatic heterocycles. The number of aryl methyl sites for hydroxylation is 1. The molecule has 0 unspecified atom stereocenters. The van der Waals surface area contributed by atoms with Crippen LogP contribution in [0.25, 0.3) is 10.9 Å². The Hall–Kier alpha value is -2.64. The minimum atomic E-state index is -3.58. The van der Waals surface area contributed by atoms with Crippen molar-refractivity contribution in [1.82, 2.24) is 14.6 Å². The minimum absolute atomic E-state index is 0.0362. The second kappa shape index (κ2) is 7.80. The zero-order valence-corrected chi connectivity index (χ0v) is 18.4. The van der Waals surface area contributed by atoms with E-state index in [0.717, 1.165) is 36.8 Å². The molecule has 2 aliphatic rings. The third-order valence-electron chi connectivity index (χ3n) is 6.42. The molecule has 162 valence electrons. The standard InChI is InChI=1S/C24H27N3O3S/c1-16-6-9-20(31(29,30)26-19-7-8-19)15-21(16)24(28)27-12-10-17(11-13-27)23-14-18-4-2-3-5-22(18)25-23/h2-6,9,14-15,17,19,25-26H,7-8,10-13H2,1H3. The fraction of sp³-hybridized carbons (Fsp3) is 0.375. The van der Waals surface area contributed by atoms with E-state index in [9.17, 15) is 13.2 Å². The van der Waals surface area contributed by atoms with E-state index in [-0.39, 0.29) is 16.8 Å². The van der Waals surface area contributed by atoms with Crippen LogP contribution < -0.4 is 4.72 Å². The van der Waals surface area contributed by atoms with Gasteiger partial charge in [-0.3, -0.25) is 4.79 Å². The van der Waals surface area contributed by atoms with E-state index in [1.807, 2.05) is 24.0 Å². The molecule has 1 aliphatic heterocycles. The lowest BCUT2D eigenvalue weighted by Gasteiger charge is -2.32. The van der Waals surface area contributed by atoms with Gasteiger partial charge in [0.15, 0.2) is 0 Å². The number of benzene rings is 2. The smallest absolute Gasteiger partial charge is 0.254 e. The van der Waals surface area contributed by atoms with Crippen molar-refractivity contribution in [3.05, 3.63) is 65.4 Å². The Morgan fingerprint density at radius 3 is 2.48 bits per heavy atom. The van der Waals surface area contributed by atoms with Gasteiger partial charge in [-0.25, -0.2) is 13.1 Å². The predicted octanol–water partition coefficient (Wildman–Crippen LogP) is 3.94. The normalized spacial score (nSPS) is 17.9. The molecule has 2 N–H and O–H groups in total. The predicted molar refractivity (Wildman–Crippen MR) is 121 cm³/mol. The molecule has 6 nitrogen and oxygen atoms in total. The fourth-order valence-corrected chi connectivity index (χ4v) is 5.70. The molecule has 1 saturated heterocycles. The van der Waals surface area contributed by atoms with Crippen molar-refractivity contribution in [3.8, 4) is 0 Å². The third-order valence-corrected chi connectivity index (χ3v) is 7.94. The minimum Gasteiger partial charge on any atom is -0.358 e. The third kappa shape index (κ3) is 4.12. The van der Waals surface area contributed by atoms with Crippen molar-refractivity contribution < 1.29 is 13.2 Å². The number of rotatable bonds is 5. The van der Waals surface area contributed by atoms with Crippen molar-refractivity contribution in [2.24, 2.45) is 0 Å². The van der Waals surface area contributed by atoms with Crippen LogP contribution in [0.3, 0.4) is 0 Å². The number of hydrogen-bond donors (Lipinski definition) is 2. The number of fused-ring (bicyclic) bond motifs is 1. The number of nitrogens with zero attached hydrogens (tertiary/aromatic N) is 1. The number of amides is 1. The van der Waals surface area contributed by atoms with Crippen LogP contribution in [0.1, 0.15) is 53.2 Å². The van der Waals surface area contributed by atoms with Crippen LogP contribution in [0.2, 0.25) is 0 Å². The van der Waals surface area contributed by atoms with Gasteiger partial charge in [0.25, 0.3) is 5.91 Å². The number of nitrogens with one attached hydrogen (secondary N) is 2. The molecule has 1 aliphatic carbocycles. The maximum Gasteiger partial charge on any atom is 0.254 e. The van der Waals surface area contributed by atoms with Crippen LogP contribution in [-0.2, 0) is 10.0 Å². The Balaban J connectivity index is 1.30. The number of carbonyl (C=O) groups excluding carboxylic acids is 1. The Morgan fingerprint density at radius 2 is 1.77 bits per heavy atom. The summed E-state index contributed by atoms with van der Waals surface area (Å²) in [7, 11) is -3.58. The Kier molecular flexibility index (Phi) is 5.10. The molecule has 1 amide bonds. The summed E-state index contributed by atoms with van der Waals surface area (Å²) in [5.74, 6) is 0.308. The fourth-order valence-electron chi connectivity index (χ4n) is 4.37. The monoisotopic (exact) mass is 437 g/mol. The second-order valence-corrected chi connectivity index (χ2v) is 10.5. The Labute approximate surface area is 182 Å². The molecule has 3 aromatic rings. The first-order chi connectivity index (χ1) is 14.9. The average molecular weight is 438 g/mol. The van der Waals surface area contributed by atoms with Crippen LogP contribution in [0.4, 0.5) is 0 Å². The van der Waals surface area contributed by atoms with E-state index in [2.05, 4.69) is 27.9 Å². The first-order valence-corrected chi connectivity index (χ1v) is 12.4. The van der Waals surface area contributed by atoms with Crippen molar-refractivity contribution in [3.63, 3.8) is 0 Å². The number of para-hydroxylation sites is 1. The lowest BCUT2D eigenvalue weighted by atomic mass is 9.93. The van der Waals surface area contributed by atoms with Gasteiger partial charge in [-0.1, -0.05) is 24.3 Å². The molecule has 0 radical (unpaired) electrons. The highest BCUT2D eigenvalue weighted by Gasteiger charge is 2.30. The molecular weight excluding hydrogens is 410 g/mol. The van der Waals surface area contributed by atoms with E-state index in [1.54, 1.807) is 12.1 Å². The highest BCUT2D eigenvalue weighted by molar-refractivity contribution is 7.89. The summed E-state index contributed by atoms with van der Waals surface area (Å²) in [6, 6.07) is 15.3. The number of carbonyl (C=O) groups is 1. The molecule has 0 spiro atoms. The Bertz CT molecular complexity index is 1200. The van der Waals surface area contributed by atoms with Gasteiger partial charge in [-0.2, -0.15) is 0 Å². The molecular formula is C24H27N3O3S. The van der Waals surface area contributed by atoms with Gasteiger partial charge in [0.1, 0.15) is 0 Å². The molecule has 2 aromatic carbocycles. The molecule has 5 rings (SSSR count). The number of aromatic nitrogens is 1. The number of likely N-dealkylation sites (tertiary alicyclic amines) is 1. The average Bonchev–Trinajstić information content (AvgIpc) is 3.46. The van der Waals surface area contributed by atoms with E-state index < -0.39 is 10.0 Å². The summed E-state index contributed by atoms with van der Waals surface area (Å²) in [5.41, 5.74) is 3.64. The summed E-state index contributed by atoms with van der Waals surface area (Å²) in [6.07, 6.45) is 3.53. The van der Waals surface area contributed by atoms with Crippen LogP contribution >= 0.6 is 0 Å². The van der Waals surface area contributed by atoms with E-state index in [4.69, 9.17) is 0 Å². The zero-order chi connectivity index (χ0) is 21.6. The molecule has 2 fully saturated rings. The van der Waals surface area contributed by atoms with Gasteiger partial charge in [-0.05, 0) is 67.8 Å². The zero-order valence-electron chi connectivity index (χ0n) is 17.6. The van der Waals surface area contributed by atoms with E-state index >= 15 is 0 Å². The number of hydrogen-bond acceptors (Lipinski definition) is 3. The van der Waals surface area contributed by atoms with Crippen molar-refractivity contribution in [1.29, 1.82) is 0 Å². The lowest BCUT2D eigenvalue weighted by Crippen LogP contribution is -2.38. The van der Waals surface area contributed by atoms with E-state index in [0.29, 0.717) is 24.6 Å². The van der Waals surface area contributed by atoms with Crippen LogP contribution in [0.5, 0.6) is 0 Å². The van der Waals surface area contributed by atoms with Gasteiger partial charge in [0.2, 0.25) is 10.0 Å². The SMILES string of the molecule is Cc1ccc(S(=O)(=O)NC2CC2)cc1C(=O)N1CCC(c2cc3ccccc3[nH]2)CC1. The van der Waals surface area contributed by atoms with Crippen LogP contribution in [-0.4, -0.2) is 43.3 Å². The van der Waals surface area contributed by atoms with Gasteiger partial charge >= 0.3 is 0 Å². The number of piperidine rings is 1. The maximum atomic E-state index is 13.2. The summed E-state index contributed by atoms with van der Waals surface area (Å²) >= 11 is 0. The summed E-state index contributed by atoms with van der Waals surface area (Å²) in [5, 5.41) is 1.21. The maximum absolute atomic E-state index is 13.2. The quantitative estimate of drug-likeness (QED) is 0.634. The largest absolute Gasteiger partial charge is 0.358 e. The molecule has 0 bridgehead atoms. The molecule has 0 atom stereocenters. The van der Waals surface area contributed by atoms with Crippen LogP contribution in [0, 0.1) is 6.92 Å². The lowest BCUT2D eigenvalue weighted by molar-refractivity contribution is 0.0711. The first kappa shape index (κ1) is 20.3. The highest BCUT2D eigenvalue weighted by atomic mass is 32.2. The van der Waals surface area contributed by atoms with Crippen molar-refractivity contribution in [2.45, 2.75) is 49.5 Å². The number of H-pyrrole nitrogens is 1. The summed E-state index contributed by atoms with van der Waals surface area (Å²) < 4.78 is 27.8. The van der Waals surface area contributed by atoms with Gasteiger partial charge in [-0.15, -0.1) is 0 Å². The first-order valence-electron chi connectivity index (χ1n) is 10.9. The number of sulfonamides is 1.